The van der Waals surface area contributed by atoms with Crippen LogP contribution in [0.2, 0.25) is 0 Å². The van der Waals surface area contributed by atoms with Crippen molar-refractivity contribution < 1.29 is 27.2 Å². The fraction of sp³-hybridized carbons (Fsp3) is 0.0769. The summed E-state index contributed by atoms with van der Waals surface area (Å²) < 4.78 is 37.1. The number of carbonyl (C=O) groups is 1. The molecule has 0 atom stereocenters. The Hall–Kier alpha value is -4.21. The molecule has 0 aliphatic rings. The van der Waals surface area contributed by atoms with Gasteiger partial charge in [-0.15, -0.1) is 0 Å². The molecule has 4 aromatic carbocycles. The monoisotopic (exact) mass is 492 g/mol. The van der Waals surface area contributed by atoms with Gasteiger partial charge in [0, 0.05) is 5.56 Å². The van der Waals surface area contributed by atoms with Gasteiger partial charge in [0.25, 0.3) is 10.1 Å². The molecule has 0 saturated heterocycles. The molecule has 0 amide bonds. The van der Waals surface area contributed by atoms with Crippen LogP contribution in [0.5, 0.6) is 11.5 Å². The van der Waals surface area contributed by atoms with Crippen LogP contribution in [0.15, 0.2) is 91.0 Å². The minimum atomic E-state index is -3.67. The number of hydrogen-bond donors (Lipinski definition) is 3. The molecule has 0 heterocycles. The first-order chi connectivity index (χ1) is 16.6. The largest absolute Gasteiger partial charge is 0.489 e. The number of nitrogens with one attached hydrogen (secondary N) is 1. The molecule has 8 nitrogen and oxygen atoms in total. The van der Waals surface area contributed by atoms with E-state index in [-0.39, 0.29) is 5.84 Å². The fourth-order valence-electron chi connectivity index (χ4n) is 3.05. The maximum Gasteiger partial charge on any atom is 0.343 e. The number of esters is 1. The predicted molar refractivity (Wildman–Crippen MR) is 135 cm³/mol. The summed E-state index contributed by atoms with van der Waals surface area (Å²) in [4.78, 5) is 12.5. The van der Waals surface area contributed by atoms with Crippen molar-refractivity contribution in [3.63, 3.8) is 0 Å². The Balaban J connectivity index is 0.000000623. The van der Waals surface area contributed by atoms with Crippen molar-refractivity contribution in [2.75, 3.05) is 6.26 Å². The van der Waals surface area contributed by atoms with Gasteiger partial charge in [0.05, 0.1) is 11.8 Å². The standard InChI is InChI=1S/C25H20N2O3.CH4O3S/c26-24(27)21-7-6-20-15-23(13-10-19(20)14-21)30-25(28)18-8-11-22(12-9-18)29-16-17-4-2-1-3-5-17;1-5(2,3)4/h1-15H,16H2,(H3,26,27);1H3,(H,2,3,4). The van der Waals surface area contributed by atoms with Crippen LogP contribution < -0.4 is 15.2 Å². The summed E-state index contributed by atoms with van der Waals surface area (Å²) in [5.74, 6) is 0.711. The minimum Gasteiger partial charge on any atom is -0.489 e. The van der Waals surface area contributed by atoms with E-state index in [4.69, 9.17) is 25.2 Å². The zero-order valence-electron chi connectivity index (χ0n) is 18.8. The second kappa shape index (κ2) is 11.3. The first kappa shape index (κ1) is 25.4. The summed E-state index contributed by atoms with van der Waals surface area (Å²) in [5, 5.41) is 9.34. The number of carbonyl (C=O) groups excluding carboxylic acids is 1. The van der Waals surface area contributed by atoms with Gasteiger partial charge in [-0.05, 0) is 58.8 Å². The highest BCUT2D eigenvalue weighted by molar-refractivity contribution is 7.85. The van der Waals surface area contributed by atoms with E-state index in [0.717, 1.165) is 16.3 Å². The van der Waals surface area contributed by atoms with Crippen molar-refractivity contribution in [1.82, 2.24) is 0 Å². The fourth-order valence-corrected chi connectivity index (χ4v) is 3.05. The molecule has 0 radical (unpaired) electrons. The van der Waals surface area contributed by atoms with Crippen molar-refractivity contribution in [2.45, 2.75) is 6.61 Å². The van der Waals surface area contributed by atoms with Gasteiger partial charge >= 0.3 is 5.97 Å². The summed E-state index contributed by atoms with van der Waals surface area (Å²) in [6.07, 6.45) is 0.715. The van der Waals surface area contributed by atoms with Crippen LogP contribution >= 0.6 is 0 Å². The molecule has 0 bridgehead atoms. The molecule has 4 rings (SSSR count). The number of nitrogens with two attached hydrogens (primary N) is 1. The highest BCUT2D eigenvalue weighted by Crippen LogP contribution is 2.23. The summed E-state index contributed by atoms with van der Waals surface area (Å²) in [5.41, 5.74) is 7.70. The maximum atomic E-state index is 12.5. The average molecular weight is 493 g/mol. The Morgan fingerprint density at radius 1 is 0.857 bits per heavy atom. The molecule has 35 heavy (non-hydrogen) atoms. The summed E-state index contributed by atoms with van der Waals surface area (Å²) in [7, 11) is -3.67. The number of amidine groups is 1. The molecule has 9 heteroatoms. The van der Waals surface area contributed by atoms with Gasteiger partial charge < -0.3 is 15.2 Å². The number of fused-ring (bicyclic) bond motifs is 1. The van der Waals surface area contributed by atoms with Crippen LogP contribution in [0.1, 0.15) is 21.5 Å². The molecule has 0 aliphatic heterocycles. The van der Waals surface area contributed by atoms with Crippen molar-refractivity contribution in [3.8, 4) is 11.5 Å². The third-order valence-corrected chi connectivity index (χ3v) is 4.67. The molecule has 180 valence electrons. The van der Waals surface area contributed by atoms with E-state index >= 15 is 0 Å². The number of hydrogen-bond acceptors (Lipinski definition) is 6. The Kier molecular flexibility index (Phi) is 8.19. The second-order valence-electron chi connectivity index (χ2n) is 7.56. The van der Waals surface area contributed by atoms with E-state index in [1.54, 1.807) is 42.5 Å². The molecule has 0 aliphatic carbocycles. The first-order valence-electron chi connectivity index (χ1n) is 10.4. The quantitative estimate of drug-likeness (QED) is 0.119. The first-order valence-corrected chi connectivity index (χ1v) is 12.2. The lowest BCUT2D eigenvalue weighted by molar-refractivity contribution is 0.0735. The van der Waals surface area contributed by atoms with Crippen molar-refractivity contribution in [3.05, 3.63) is 108 Å². The molecule has 0 fully saturated rings. The van der Waals surface area contributed by atoms with Crippen LogP contribution in [-0.4, -0.2) is 31.0 Å². The Labute approximate surface area is 203 Å². The van der Waals surface area contributed by atoms with E-state index in [0.29, 0.717) is 35.5 Å². The van der Waals surface area contributed by atoms with Crippen LogP contribution in [0, 0.1) is 5.41 Å². The van der Waals surface area contributed by atoms with Gasteiger partial charge in [0.1, 0.15) is 23.9 Å². The third-order valence-electron chi connectivity index (χ3n) is 4.67. The SMILES string of the molecule is CS(=O)(=O)O.N=C(N)c1ccc2cc(OC(=O)c3ccc(OCc4ccccc4)cc3)ccc2c1. The zero-order chi connectivity index (χ0) is 25.4. The molecule has 0 unspecified atom stereocenters. The molecule has 0 aromatic heterocycles. The smallest absolute Gasteiger partial charge is 0.343 e. The van der Waals surface area contributed by atoms with Crippen LogP contribution in [0.4, 0.5) is 0 Å². The van der Waals surface area contributed by atoms with E-state index in [1.807, 2.05) is 48.5 Å². The van der Waals surface area contributed by atoms with Crippen LogP contribution in [0.3, 0.4) is 0 Å². The van der Waals surface area contributed by atoms with Crippen LogP contribution in [-0.2, 0) is 16.7 Å². The van der Waals surface area contributed by atoms with Gasteiger partial charge in [0.2, 0.25) is 0 Å². The van der Waals surface area contributed by atoms with Crippen molar-refractivity contribution >= 4 is 32.7 Å². The van der Waals surface area contributed by atoms with E-state index < -0.39 is 16.1 Å². The number of ether oxygens (including phenoxy) is 2. The highest BCUT2D eigenvalue weighted by Gasteiger charge is 2.10. The Morgan fingerprint density at radius 2 is 1.40 bits per heavy atom. The molecule has 0 saturated carbocycles. The van der Waals surface area contributed by atoms with E-state index in [9.17, 15) is 13.2 Å². The maximum absolute atomic E-state index is 12.5. The lowest BCUT2D eigenvalue weighted by Gasteiger charge is -2.09. The number of benzene rings is 4. The van der Waals surface area contributed by atoms with Gasteiger partial charge in [-0.1, -0.05) is 48.5 Å². The Bertz CT molecular complexity index is 1430. The topological polar surface area (TPSA) is 140 Å². The van der Waals surface area contributed by atoms with Crippen molar-refractivity contribution in [1.29, 1.82) is 5.41 Å². The summed E-state index contributed by atoms with van der Waals surface area (Å²) in [6.45, 7) is 0.465. The van der Waals surface area contributed by atoms with Gasteiger partial charge in [-0.2, -0.15) is 8.42 Å². The van der Waals surface area contributed by atoms with E-state index in [2.05, 4.69) is 0 Å². The van der Waals surface area contributed by atoms with Crippen LogP contribution in [0.25, 0.3) is 10.8 Å². The number of rotatable bonds is 6. The third kappa shape index (κ3) is 8.26. The lowest BCUT2D eigenvalue weighted by atomic mass is 10.1. The number of nitrogen functional groups attached to an aromatic ring is 1. The molecular weight excluding hydrogens is 468 g/mol. The van der Waals surface area contributed by atoms with E-state index in [1.165, 1.54) is 0 Å². The normalized spacial score (nSPS) is 10.7. The molecule has 0 spiro atoms. The van der Waals surface area contributed by atoms with Gasteiger partial charge in [-0.25, -0.2) is 4.79 Å². The zero-order valence-corrected chi connectivity index (χ0v) is 19.7. The molecular formula is C26H24N2O6S. The second-order valence-corrected chi connectivity index (χ2v) is 9.02. The average Bonchev–Trinajstić information content (AvgIpc) is 2.82. The van der Waals surface area contributed by atoms with Crippen molar-refractivity contribution in [2.24, 2.45) is 5.73 Å². The summed E-state index contributed by atoms with van der Waals surface area (Å²) >= 11 is 0. The Morgan fingerprint density at radius 3 is 2.03 bits per heavy atom. The minimum absolute atomic E-state index is 0.0172. The molecule has 4 N–H and O–H groups in total. The van der Waals surface area contributed by atoms with Gasteiger partial charge in [-0.3, -0.25) is 9.96 Å². The van der Waals surface area contributed by atoms with Gasteiger partial charge in [0.15, 0.2) is 0 Å². The highest BCUT2D eigenvalue weighted by atomic mass is 32.2. The lowest BCUT2D eigenvalue weighted by Crippen LogP contribution is -2.10. The predicted octanol–water partition coefficient (Wildman–Crippen LogP) is 4.43. The summed E-state index contributed by atoms with van der Waals surface area (Å²) in [6, 6.07) is 27.6. The molecule has 4 aromatic rings.